The van der Waals surface area contributed by atoms with Crippen molar-refractivity contribution in [2.75, 3.05) is 5.32 Å². The van der Waals surface area contributed by atoms with E-state index in [1.165, 1.54) is 16.5 Å². The Hall–Kier alpha value is -3.13. The van der Waals surface area contributed by atoms with E-state index in [-0.39, 0.29) is 17.0 Å². The monoisotopic (exact) mass is 451 g/mol. The van der Waals surface area contributed by atoms with Crippen molar-refractivity contribution in [1.29, 1.82) is 0 Å². The van der Waals surface area contributed by atoms with Gasteiger partial charge < -0.3 is 15.1 Å². The van der Waals surface area contributed by atoms with Gasteiger partial charge in [0, 0.05) is 10.9 Å². The van der Waals surface area contributed by atoms with Gasteiger partial charge in [0.2, 0.25) is 0 Å². The molecule has 0 radical (unpaired) electrons. The number of hydrogen-bond acceptors (Lipinski definition) is 6. The molecule has 0 bridgehead atoms. The number of nitrogens with one attached hydrogen (secondary N) is 2. The lowest BCUT2D eigenvalue weighted by molar-refractivity contribution is -0.384. The van der Waals surface area contributed by atoms with Crippen LogP contribution >= 0.6 is 11.3 Å². The Labute approximate surface area is 190 Å². The number of carbonyl (C=O) groups excluding carboxylic acids is 1. The SMILES string of the molecule is CC(C)(C)[C@@H]1CCc2c(sc3c2C(=O)N[C@@H](c2ccc(-c4ccccc4[N+](=O)[O-])o2)N3)C1. The van der Waals surface area contributed by atoms with Gasteiger partial charge in [-0.25, -0.2) is 0 Å². The number of amides is 1. The fraction of sp³-hybridized carbons (Fsp3) is 0.375. The van der Waals surface area contributed by atoms with E-state index in [1.54, 1.807) is 41.7 Å². The number of anilines is 1. The van der Waals surface area contributed by atoms with Crippen molar-refractivity contribution in [3.63, 3.8) is 0 Å². The highest BCUT2D eigenvalue weighted by atomic mass is 32.1. The first-order valence-electron chi connectivity index (χ1n) is 10.8. The predicted octanol–water partition coefficient (Wildman–Crippen LogP) is 5.92. The molecule has 1 aliphatic heterocycles. The van der Waals surface area contributed by atoms with Gasteiger partial charge in [0.15, 0.2) is 6.17 Å². The number of nitrogens with zero attached hydrogens (tertiary/aromatic N) is 1. The normalized spacial score (nSPS) is 20.2. The highest BCUT2D eigenvalue weighted by Gasteiger charge is 2.37. The third-order valence-electron chi connectivity index (χ3n) is 6.55. The van der Waals surface area contributed by atoms with Crippen molar-refractivity contribution in [3.05, 3.63) is 68.3 Å². The summed E-state index contributed by atoms with van der Waals surface area (Å²) >= 11 is 1.67. The van der Waals surface area contributed by atoms with Crippen LogP contribution in [-0.4, -0.2) is 10.8 Å². The molecular formula is C24H25N3O4S. The summed E-state index contributed by atoms with van der Waals surface area (Å²) in [6, 6.07) is 9.92. The highest BCUT2D eigenvalue weighted by Crippen LogP contribution is 2.46. The Morgan fingerprint density at radius 2 is 1.94 bits per heavy atom. The molecule has 166 valence electrons. The van der Waals surface area contributed by atoms with E-state index in [4.69, 9.17) is 4.42 Å². The van der Waals surface area contributed by atoms with Gasteiger partial charge in [0.25, 0.3) is 11.6 Å². The number of nitro groups is 1. The molecule has 2 aliphatic rings. The third-order valence-corrected chi connectivity index (χ3v) is 7.73. The van der Waals surface area contributed by atoms with Crippen molar-refractivity contribution in [3.8, 4) is 11.3 Å². The number of nitro benzene ring substituents is 1. The quantitative estimate of drug-likeness (QED) is 0.380. The summed E-state index contributed by atoms with van der Waals surface area (Å²) in [6.45, 7) is 6.84. The minimum atomic E-state index is -0.523. The molecule has 7 nitrogen and oxygen atoms in total. The summed E-state index contributed by atoms with van der Waals surface area (Å²) in [5.41, 5.74) is 2.57. The van der Waals surface area contributed by atoms with Gasteiger partial charge in [-0.15, -0.1) is 11.3 Å². The Morgan fingerprint density at radius 1 is 1.16 bits per heavy atom. The first-order chi connectivity index (χ1) is 15.2. The van der Waals surface area contributed by atoms with E-state index in [2.05, 4.69) is 31.4 Å². The minimum absolute atomic E-state index is 0.0179. The molecule has 32 heavy (non-hydrogen) atoms. The first kappa shape index (κ1) is 20.8. The molecular weight excluding hydrogens is 426 g/mol. The van der Waals surface area contributed by atoms with Crippen molar-refractivity contribution < 1.29 is 14.1 Å². The lowest BCUT2D eigenvalue weighted by atomic mass is 9.72. The largest absolute Gasteiger partial charge is 0.457 e. The molecule has 0 saturated heterocycles. The van der Waals surface area contributed by atoms with Crippen LogP contribution in [0.1, 0.15) is 59.9 Å². The summed E-state index contributed by atoms with van der Waals surface area (Å²) in [5.74, 6) is 1.41. The minimum Gasteiger partial charge on any atom is -0.457 e. The van der Waals surface area contributed by atoms with E-state index in [9.17, 15) is 14.9 Å². The number of hydrogen-bond donors (Lipinski definition) is 2. The summed E-state index contributed by atoms with van der Waals surface area (Å²) in [6.07, 6.45) is 2.49. The molecule has 5 rings (SSSR count). The van der Waals surface area contributed by atoms with Crippen LogP contribution in [0.3, 0.4) is 0 Å². The fourth-order valence-electron chi connectivity index (χ4n) is 4.67. The van der Waals surface area contributed by atoms with E-state index in [0.717, 1.165) is 29.8 Å². The lowest BCUT2D eigenvalue weighted by Gasteiger charge is -2.34. The van der Waals surface area contributed by atoms with Gasteiger partial charge in [-0.3, -0.25) is 14.9 Å². The van der Waals surface area contributed by atoms with Crippen LogP contribution in [0.2, 0.25) is 0 Å². The number of furan rings is 1. The second kappa shape index (κ2) is 7.48. The number of carbonyl (C=O) groups is 1. The summed E-state index contributed by atoms with van der Waals surface area (Å²) in [5, 5.41) is 18.7. The van der Waals surface area contributed by atoms with Crippen LogP contribution in [0.5, 0.6) is 0 Å². The maximum absolute atomic E-state index is 13.0. The van der Waals surface area contributed by atoms with Crippen LogP contribution < -0.4 is 10.6 Å². The maximum Gasteiger partial charge on any atom is 0.280 e. The van der Waals surface area contributed by atoms with Crippen molar-refractivity contribution in [2.24, 2.45) is 11.3 Å². The topological polar surface area (TPSA) is 97.4 Å². The van der Waals surface area contributed by atoms with Gasteiger partial charge in [0.1, 0.15) is 16.5 Å². The Bertz CT molecular complexity index is 1220. The molecule has 0 spiro atoms. The Balaban J connectivity index is 1.43. The Kier molecular flexibility index (Phi) is 4.85. The molecule has 2 N–H and O–H groups in total. The predicted molar refractivity (Wildman–Crippen MR) is 124 cm³/mol. The van der Waals surface area contributed by atoms with Gasteiger partial charge in [-0.1, -0.05) is 32.9 Å². The molecule has 0 fully saturated rings. The zero-order valence-electron chi connectivity index (χ0n) is 18.2. The molecule has 0 saturated carbocycles. The molecule has 2 atom stereocenters. The van der Waals surface area contributed by atoms with Gasteiger partial charge >= 0.3 is 0 Å². The van der Waals surface area contributed by atoms with Gasteiger partial charge in [-0.05, 0) is 54.4 Å². The number of thiophene rings is 1. The van der Waals surface area contributed by atoms with E-state index < -0.39 is 11.1 Å². The molecule has 1 aromatic carbocycles. The summed E-state index contributed by atoms with van der Waals surface area (Å²) in [7, 11) is 0. The molecule has 3 heterocycles. The second-order valence-corrected chi connectivity index (χ2v) is 10.6. The molecule has 1 aliphatic carbocycles. The fourth-order valence-corrected chi connectivity index (χ4v) is 6.03. The molecule has 1 amide bonds. The number of para-hydroxylation sites is 1. The van der Waals surface area contributed by atoms with E-state index in [1.807, 2.05) is 0 Å². The van der Waals surface area contributed by atoms with Crippen molar-refractivity contribution in [1.82, 2.24) is 5.32 Å². The highest BCUT2D eigenvalue weighted by molar-refractivity contribution is 7.16. The molecule has 8 heteroatoms. The number of benzene rings is 1. The average Bonchev–Trinajstić information content (AvgIpc) is 3.37. The Morgan fingerprint density at radius 3 is 2.69 bits per heavy atom. The van der Waals surface area contributed by atoms with Crippen molar-refractivity contribution >= 4 is 27.9 Å². The van der Waals surface area contributed by atoms with Crippen LogP contribution in [0.4, 0.5) is 10.7 Å². The van der Waals surface area contributed by atoms with Crippen LogP contribution in [-0.2, 0) is 12.8 Å². The molecule has 3 aromatic rings. The zero-order chi connectivity index (χ0) is 22.6. The van der Waals surface area contributed by atoms with Gasteiger partial charge in [-0.2, -0.15) is 0 Å². The molecule has 2 aromatic heterocycles. The number of rotatable bonds is 3. The van der Waals surface area contributed by atoms with Crippen LogP contribution in [0, 0.1) is 21.4 Å². The average molecular weight is 452 g/mol. The summed E-state index contributed by atoms with van der Waals surface area (Å²) in [4.78, 5) is 25.3. The standard InChI is InChI=1S/C24H25N3O4S/c1-24(2,3)13-8-9-15-19(12-13)32-23-20(15)22(28)25-21(26-23)18-11-10-17(31-18)14-6-4-5-7-16(14)27(29)30/h4-7,10-11,13,21,26H,8-9,12H2,1-3H3,(H,25,28)/t13-,21-/m1/s1. The second-order valence-electron chi connectivity index (χ2n) is 9.54. The van der Waals surface area contributed by atoms with Crippen LogP contribution in [0.15, 0.2) is 40.8 Å². The summed E-state index contributed by atoms with van der Waals surface area (Å²) < 4.78 is 5.95. The smallest absolute Gasteiger partial charge is 0.280 e. The van der Waals surface area contributed by atoms with Crippen molar-refractivity contribution in [2.45, 2.75) is 46.2 Å². The number of fused-ring (bicyclic) bond motifs is 3. The van der Waals surface area contributed by atoms with E-state index >= 15 is 0 Å². The zero-order valence-corrected chi connectivity index (χ0v) is 19.0. The van der Waals surface area contributed by atoms with Crippen LogP contribution in [0.25, 0.3) is 11.3 Å². The third kappa shape index (κ3) is 3.48. The molecule has 0 unspecified atom stereocenters. The van der Waals surface area contributed by atoms with E-state index in [0.29, 0.717) is 23.0 Å². The van der Waals surface area contributed by atoms with Gasteiger partial charge in [0.05, 0.1) is 16.1 Å². The lowest BCUT2D eigenvalue weighted by Crippen LogP contribution is -2.38. The first-order valence-corrected chi connectivity index (χ1v) is 11.6. The maximum atomic E-state index is 13.0.